The number of hydrogen-bond acceptors (Lipinski definition) is 9. The molecule has 0 unspecified atom stereocenters. The predicted molar refractivity (Wildman–Crippen MR) is 138 cm³/mol. The van der Waals surface area contributed by atoms with Crippen molar-refractivity contribution in [2.75, 3.05) is 31.4 Å². The molecule has 0 radical (unpaired) electrons. The third kappa shape index (κ3) is 7.28. The van der Waals surface area contributed by atoms with Crippen LogP contribution in [0.1, 0.15) is 28.7 Å². The van der Waals surface area contributed by atoms with Crippen LogP contribution in [0, 0.1) is 36.5 Å². The Morgan fingerprint density at radius 1 is 1.00 bits per heavy atom. The highest BCUT2D eigenvalue weighted by Gasteiger charge is 2.12. The fourth-order valence-corrected chi connectivity index (χ4v) is 3.51. The monoisotopic (exact) mass is 484 g/mol. The summed E-state index contributed by atoms with van der Waals surface area (Å²) < 4.78 is 16.7. The Kier molecular flexibility index (Phi) is 9.35. The molecule has 0 aliphatic heterocycles. The largest absolute Gasteiger partial charge is 0.438 e. The molecule has 1 aromatic heterocycles. The van der Waals surface area contributed by atoms with Crippen molar-refractivity contribution in [3.63, 3.8) is 0 Å². The zero-order chi connectivity index (χ0) is 25.9. The van der Waals surface area contributed by atoms with Crippen molar-refractivity contribution in [2.24, 2.45) is 0 Å². The normalized spacial score (nSPS) is 10.8. The van der Waals surface area contributed by atoms with E-state index in [1.54, 1.807) is 50.6 Å². The maximum Gasteiger partial charge on any atom is 0.232 e. The molecule has 3 rings (SSSR count). The number of anilines is 3. The van der Waals surface area contributed by atoms with Gasteiger partial charge in [-0.2, -0.15) is 20.5 Å². The first kappa shape index (κ1) is 26.2. The molecule has 2 aromatic carbocycles. The highest BCUT2D eigenvalue weighted by Crippen LogP contribution is 2.31. The van der Waals surface area contributed by atoms with Crippen LogP contribution in [0.15, 0.2) is 48.5 Å². The second-order valence-corrected chi connectivity index (χ2v) is 7.89. The average Bonchev–Trinajstić information content (AvgIpc) is 2.88. The Balaban J connectivity index is 1.89. The fourth-order valence-electron chi connectivity index (χ4n) is 3.51. The van der Waals surface area contributed by atoms with Crippen molar-refractivity contribution in [1.82, 2.24) is 9.97 Å². The summed E-state index contributed by atoms with van der Waals surface area (Å²) in [5.41, 5.74) is 4.02. The van der Waals surface area contributed by atoms with Gasteiger partial charge in [0.25, 0.3) is 0 Å². The molecule has 0 aliphatic rings. The van der Waals surface area contributed by atoms with Gasteiger partial charge in [0.1, 0.15) is 11.6 Å². The van der Waals surface area contributed by atoms with E-state index in [0.29, 0.717) is 41.9 Å². The third-order valence-electron chi connectivity index (χ3n) is 5.22. The number of nitrogens with zero attached hydrogens (tertiary/aromatic N) is 4. The van der Waals surface area contributed by atoms with E-state index >= 15 is 0 Å². The van der Waals surface area contributed by atoms with Gasteiger partial charge in [0.05, 0.1) is 17.7 Å². The summed E-state index contributed by atoms with van der Waals surface area (Å²) in [6, 6.07) is 16.7. The second kappa shape index (κ2) is 12.9. The van der Waals surface area contributed by atoms with Crippen LogP contribution in [0.3, 0.4) is 0 Å². The highest BCUT2D eigenvalue weighted by atomic mass is 16.7. The molecule has 0 amide bonds. The second-order valence-electron chi connectivity index (χ2n) is 7.89. The minimum Gasteiger partial charge on any atom is -0.438 e. The SMILES string of the molecule is COC(CCNc1cc(Oc2c(C)cc(/C=C/C#N)cc2C)nc(Nc2ccc(C#N)cc2)n1)OC. The van der Waals surface area contributed by atoms with Crippen LogP contribution in [0.2, 0.25) is 0 Å². The zero-order valence-electron chi connectivity index (χ0n) is 20.7. The molecule has 9 heteroatoms. The van der Waals surface area contributed by atoms with Gasteiger partial charge in [-0.25, -0.2) is 0 Å². The van der Waals surface area contributed by atoms with Crippen molar-refractivity contribution in [1.29, 1.82) is 10.5 Å². The minimum absolute atomic E-state index is 0.329. The first-order chi connectivity index (χ1) is 17.4. The molecular formula is C27H28N6O3. The quantitative estimate of drug-likeness (QED) is 0.269. The number of nitrogens with one attached hydrogen (secondary N) is 2. The van der Waals surface area contributed by atoms with E-state index in [4.69, 9.17) is 24.7 Å². The topological polar surface area (TPSA) is 125 Å². The van der Waals surface area contributed by atoms with E-state index < -0.39 is 0 Å². The Morgan fingerprint density at radius 3 is 2.31 bits per heavy atom. The number of rotatable bonds is 11. The zero-order valence-corrected chi connectivity index (χ0v) is 20.7. The number of aryl methyl sites for hydroxylation is 2. The van der Waals surface area contributed by atoms with Gasteiger partial charge >= 0.3 is 0 Å². The Morgan fingerprint density at radius 2 is 1.69 bits per heavy atom. The predicted octanol–water partition coefficient (Wildman–Crippen LogP) is 5.46. The van der Waals surface area contributed by atoms with E-state index in [-0.39, 0.29) is 6.29 Å². The van der Waals surface area contributed by atoms with Crippen LogP contribution in [-0.2, 0) is 9.47 Å². The summed E-state index contributed by atoms with van der Waals surface area (Å²) in [5.74, 6) is 1.92. The third-order valence-corrected chi connectivity index (χ3v) is 5.22. The number of hydrogen-bond donors (Lipinski definition) is 2. The summed E-state index contributed by atoms with van der Waals surface area (Å²) >= 11 is 0. The van der Waals surface area contributed by atoms with Crippen molar-refractivity contribution in [3.05, 3.63) is 70.8 Å². The molecule has 2 N–H and O–H groups in total. The van der Waals surface area contributed by atoms with Gasteiger partial charge < -0.3 is 24.8 Å². The maximum absolute atomic E-state index is 9.04. The van der Waals surface area contributed by atoms with E-state index in [2.05, 4.69) is 26.7 Å². The first-order valence-corrected chi connectivity index (χ1v) is 11.3. The van der Waals surface area contributed by atoms with E-state index in [1.165, 1.54) is 6.08 Å². The number of aromatic nitrogens is 2. The van der Waals surface area contributed by atoms with Crippen molar-refractivity contribution >= 4 is 23.5 Å². The fraction of sp³-hybridized carbons (Fsp3) is 0.259. The minimum atomic E-state index is -0.329. The molecule has 0 atom stereocenters. The van der Waals surface area contributed by atoms with Crippen LogP contribution in [0.5, 0.6) is 11.6 Å². The Bertz CT molecular complexity index is 1270. The number of ether oxygens (including phenoxy) is 3. The average molecular weight is 485 g/mol. The Labute approximate surface area is 211 Å². The maximum atomic E-state index is 9.04. The number of nitriles is 2. The molecule has 0 aliphatic carbocycles. The van der Waals surface area contributed by atoms with Crippen molar-refractivity contribution in [2.45, 2.75) is 26.6 Å². The van der Waals surface area contributed by atoms with Gasteiger partial charge in [-0.3, -0.25) is 0 Å². The first-order valence-electron chi connectivity index (χ1n) is 11.3. The van der Waals surface area contributed by atoms with E-state index in [9.17, 15) is 0 Å². The number of methoxy groups -OCH3 is 2. The van der Waals surface area contributed by atoms with Crippen LogP contribution < -0.4 is 15.4 Å². The molecule has 3 aromatic rings. The van der Waals surface area contributed by atoms with Gasteiger partial charge in [-0.15, -0.1) is 0 Å². The van der Waals surface area contributed by atoms with Gasteiger partial charge in [0.15, 0.2) is 6.29 Å². The lowest BCUT2D eigenvalue weighted by Crippen LogP contribution is -2.18. The van der Waals surface area contributed by atoms with Gasteiger partial charge in [-0.1, -0.05) is 0 Å². The van der Waals surface area contributed by atoms with Crippen LogP contribution in [0.25, 0.3) is 6.08 Å². The molecule has 36 heavy (non-hydrogen) atoms. The van der Waals surface area contributed by atoms with E-state index in [0.717, 1.165) is 22.4 Å². The molecular weight excluding hydrogens is 456 g/mol. The lowest BCUT2D eigenvalue weighted by molar-refractivity contribution is -0.103. The van der Waals surface area contributed by atoms with Crippen LogP contribution in [0.4, 0.5) is 17.5 Å². The summed E-state index contributed by atoms with van der Waals surface area (Å²) in [6.07, 6.45) is 3.48. The lowest BCUT2D eigenvalue weighted by Gasteiger charge is -2.16. The van der Waals surface area contributed by atoms with Gasteiger partial charge in [0, 0.05) is 45.0 Å². The number of allylic oxidation sites excluding steroid dienone is 1. The van der Waals surface area contributed by atoms with Gasteiger partial charge in [0.2, 0.25) is 11.8 Å². The summed E-state index contributed by atoms with van der Waals surface area (Å²) in [4.78, 5) is 9.09. The molecule has 9 nitrogen and oxygen atoms in total. The Hall–Kier alpha value is -4.44. The van der Waals surface area contributed by atoms with Gasteiger partial charge in [-0.05, 0) is 73.0 Å². The highest BCUT2D eigenvalue weighted by molar-refractivity contribution is 5.59. The summed E-state index contributed by atoms with van der Waals surface area (Å²) in [6.45, 7) is 4.44. The van der Waals surface area contributed by atoms with Crippen molar-refractivity contribution in [3.8, 4) is 23.8 Å². The molecule has 0 bridgehead atoms. The summed E-state index contributed by atoms with van der Waals surface area (Å²) in [5, 5.41) is 24.3. The standard InChI is InChI=1S/C27H28N6O3/c1-18-14-21(6-5-12-28)15-19(2)26(18)36-24-16-23(30-13-11-25(34-3)35-4)32-27(33-24)31-22-9-7-20(17-29)8-10-22/h5-10,14-16,25H,11,13H2,1-4H3,(H2,30,31,32,33)/b6-5+. The van der Waals surface area contributed by atoms with Crippen LogP contribution in [-0.4, -0.2) is 37.0 Å². The number of benzene rings is 2. The molecule has 184 valence electrons. The smallest absolute Gasteiger partial charge is 0.232 e. The molecule has 1 heterocycles. The molecule has 0 saturated carbocycles. The molecule has 0 fully saturated rings. The molecule has 0 spiro atoms. The molecule has 0 saturated heterocycles. The summed E-state index contributed by atoms with van der Waals surface area (Å²) in [7, 11) is 3.19. The lowest BCUT2D eigenvalue weighted by atomic mass is 10.1. The van der Waals surface area contributed by atoms with E-state index in [1.807, 2.05) is 32.0 Å². The van der Waals surface area contributed by atoms with Crippen molar-refractivity contribution < 1.29 is 14.2 Å². The van der Waals surface area contributed by atoms with Crippen LogP contribution >= 0.6 is 0 Å².